The van der Waals surface area contributed by atoms with Crippen LogP contribution >= 0.6 is 0 Å². The highest BCUT2D eigenvalue weighted by Crippen LogP contribution is 2.36. The molecule has 6 aromatic rings. The van der Waals surface area contributed by atoms with Gasteiger partial charge in [0.25, 0.3) is 0 Å². The van der Waals surface area contributed by atoms with Gasteiger partial charge in [0.2, 0.25) is 5.95 Å². The summed E-state index contributed by atoms with van der Waals surface area (Å²) >= 11 is 0. The zero-order valence-corrected chi connectivity index (χ0v) is 39.2. The maximum Gasteiger partial charge on any atom is 0.350 e. The van der Waals surface area contributed by atoms with Gasteiger partial charge in [0.05, 0.1) is 55.8 Å². The number of rotatable bonds is 13. The van der Waals surface area contributed by atoms with Gasteiger partial charge in [0.1, 0.15) is 53.5 Å². The number of anilines is 3. The molecule has 0 bridgehead atoms. The first-order valence-corrected chi connectivity index (χ1v) is 21.6. The van der Waals surface area contributed by atoms with Crippen molar-refractivity contribution in [3.8, 4) is 0 Å². The van der Waals surface area contributed by atoms with E-state index in [2.05, 4.69) is 45.5 Å². The molecule has 26 heteroatoms. The van der Waals surface area contributed by atoms with Crippen molar-refractivity contribution in [1.29, 1.82) is 0 Å². The fourth-order valence-corrected chi connectivity index (χ4v) is 8.97. The highest BCUT2D eigenvalue weighted by atomic mass is 19.1. The first-order valence-electron chi connectivity index (χ1n) is 21.6. The van der Waals surface area contributed by atoms with Crippen LogP contribution in [-0.2, 0) is 37.9 Å². The van der Waals surface area contributed by atoms with Crippen LogP contribution in [0.1, 0.15) is 30.2 Å². The van der Waals surface area contributed by atoms with E-state index < -0.39 is 48.9 Å². The Morgan fingerprint density at radius 3 is 1.87 bits per heavy atom. The minimum atomic E-state index is -1.49. The van der Waals surface area contributed by atoms with Gasteiger partial charge in [-0.05, 0) is 34.0 Å². The van der Waals surface area contributed by atoms with Crippen LogP contribution in [0.2, 0.25) is 0 Å². The number of nitrogens with zero attached hydrogens (tertiary/aromatic N) is 10. The normalized spacial score (nSPS) is 28.0. The van der Waals surface area contributed by atoms with Gasteiger partial charge in [-0.1, -0.05) is 18.2 Å². The summed E-state index contributed by atoms with van der Waals surface area (Å²) in [7, 11) is 11.4. The third-order valence-electron chi connectivity index (χ3n) is 12.0. The minimum Gasteiger partial charge on any atom is -0.387 e. The van der Waals surface area contributed by atoms with E-state index in [0.717, 1.165) is 5.39 Å². The third kappa shape index (κ3) is 9.66. The molecule has 8 heterocycles. The number of aromatic nitrogens is 10. The first kappa shape index (κ1) is 50.2. The number of imidazole rings is 2. The number of likely N-dealkylation sites (N-methyl/N-ethyl adjacent to an activating group) is 2. The van der Waals surface area contributed by atoms with Gasteiger partial charge in [0, 0.05) is 40.9 Å². The maximum absolute atomic E-state index is 14.8. The third-order valence-corrected chi connectivity index (χ3v) is 12.0. The van der Waals surface area contributed by atoms with Crippen LogP contribution in [-0.4, -0.2) is 178 Å². The molecule has 3 fully saturated rings. The Balaban J connectivity index is 0.000000151. The van der Waals surface area contributed by atoms with Crippen LogP contribution in [0.3, 0.4) is 0 Å². The van der Waals surface area contributed by atoms with Crippen LogP contribution in [0, 0.1) is 13.8 Å². The average Bonchev–Trinajstić information content (AvgIpc) is 4.13. The number of hydrogen-bond acceptors (Lipinski definition) is 22. The molecule has 5 aromatic heterocycles. The van der Waals surface area contributed by atoms with E-state index in [1.165, 1.54) is 18.8 Å². The van der Waals surface area contributed by atoms with E-state index in [1.807, 2.05) is 19.2 Å². The number of nitrogens with two attached hydrogens (primary N) is 3. The summed E-state index contributed by atoms with van der Waals surface area (Å²) in [6.45, 7) is 4.50. The number of alkyl halides is 1. The van der Waals surface area contributed by atoms with E-state index in [4.69, 9.17) is 55.1 Å². The molecular weight excluding hydrogens is 894 g/mol. The minimum absolute atomic E-state index is 0.0427. The zero-order chi connectivity index (χ0) is 49.0. The van der Waals surface area contributed by atoms with Gasteiger partial charge in [-0.2, -0.15) is 15.0 Å². The number of hydrogen-bond donors (Lipinski definition) is 6. The van der Waals surface area contributed by atoms with Crippen LogP contribution < -0.4 is 33.5 Å². The summed E-state index contributed by atoms with van der Waals surface area (Å²) in [5, 5.41) is 17.6. The number of fused-ring (bicyclic) bond motifs is 3. The van der Waals surface area contributed by atoms with Crippen molar-refractivity contribution in [3.05, 3.63) is 58.9 Å². The molecule has 1 aromatic carbocycles. The van der Waals surface area contributed by atoms with Crippen molar-refractivity contribution >= 4 is 50.8 Å². The van der Waals surface area contributed by atoms with Crippen molar-refractivity contribution in [3.63, 3.8) is 0 Å². The molecule has 0 aliphatic carbocycles. The van der Waals surface area contributed by atoms with Crippen molar-refractivity contribution < 1.29 is 47.4 Å². The molecule has 370 valence electrons. The van der Waals surface area contributed by atoms with E-state index in [0.29, 0.717) is 58.4 Å². The molecule has 3 aliphatic rings. The lowest BCUT2D eigenvalue weighted by Crippen LogP contribution is -2.44. The molecule has 68 heavy (non-hydrogen) atoms. The van der Waals surface area contributed by atoms with E-state index in [1.54, 1.807) is 76.1 Å². The smallest absolute Gasteiger partial charge is 0.350 e. The summed E-state index contributed by atoms with van der Waals surface area (Å²) in [6, 6.07) is 6.95. The van der Waals surface area contributed by atoms with Crippen LogP contribution in [0.5, 0.6) is 0 Å². The Hall–Kier alpha value is -5.65. The number of methoxy groups -OCH3 is 5. The maximum atomic E-state index is 14.8. The Kier molecular flexibility index (Phi) is 16.1. The first-order chi connectivity index (χ1) is 32.7. The second-order valence-electron chi connectivity index (χ2n) is 16.2. The van der Waals surface area contributed by atoms with Crippen molar-refractivity contribution in [2.75, 3.05) is 86.7 Å². The van der Waals surface area contributed by atoms with Crippen LogP contribution in [0.25, 0.3) is 33.2 Å². The van der Waals surface area contributed by atoms with Gasteiger partial charge in [-0.15, -0.1) is 0 Å². The molecule has 25 nitrogen and oxygen atoms in total. The Morgan fingerprint density at radius 1 is 0.706 bits per heavy atom. The molecular formula is C42H60FN15O10. The molecule has 9 rings (SSSR count). The monoisotopic (exact) mass is 953 g/mol. The van der Waals surface area contributed by atoms with E-state index >= 15 is 0 Å². The topological polar surface area (TPSA) is 318 Å². The number of para-hydroxylation sites is 1. The summed E-state index contributed by atoms with van der Waals surface area (Å²) < 4.78 is 63.6. The molecule has 0 amide bonds. The number of ether oxygens (including phenoxy) is 8. The number of aliphatic hydroxyl groups excluding tert-OH is 1. The molecule has 9 N–H and O–H groups in total. The zero-order valence-electron chi connectivity index (χ0n) is 39.2. The molecule has 3 saturated heterocycles. The van der Waals surface area contributed by atoms with E-state index in [9.17, 15) is 14.3 Å². The number of benzene rings is 1. The second-order valence-corrected chi connectivity index (χ2v) is 16.2. The predicted octanol–water partition coefficient (Wildman–Crippen LogP) is -0.0511. The average molecular weight is 954 g/mol. The van der Waals surface area contributed by atoms with Gasteiger partial charge in [-0.25, -0.2) is 29.1 Å². The molecule has 0 spiro atoms. The highest BCUT2D eigenvalue weighted by molar-refractivity contribution is 5.83. The molecule has 0 radical (unpaired) electrons. The lowest BCUT2D eigenvalue weighted by Gasteiger charge is -2.22. The standard InChI is InChI=1S/C16H19FN2O4.C13H21N7O3.C13H20N6O3/c1-9-10-6-4-5-7-11(10)19(16(20)18-9)15-13(17)14(22-3)12(23-15)8-21-2;1-16-7-6(4-21-2)23-12(9(7)22-3)20-5-17-8-10(14)18-13(15)19-11(8)20;1-6-17-11(14)9-12(18-6)19(5-16-9)13-10(20)8(15-2)7(22-13)4-21-3/h4-7,12-15H,8H2,1-3H3;5-7,9,12,16H,4H2,1-3H3,(H4,14,15,18,19);5,7-8,10,13,15,20H,4H2,1-3H3,(H2,14,17,18)/t12-,13-,14-,15-;6-,7?,9?,12-;7-,8?,10?,13-/m111/s1. The Labute approximate surface area is 389 Å². The second kappa shape index (κ2) is 21.8. The number of nitrogens with one attached hydrogen (secondary N) is 2. The molecule has 0 saturated carbocycles. The Morgan fingerprint density at radius 2 is 1.25 bits per heavy atom. The summed E-state index contributed by atoms with van der Waals surface area (Å²) in [5.74, 6) is 1.17. The van der Waals surface area contributed by atoms with Crippen LogP contribution in [0.4, 0.5) is 22.0 Å². The van der Waals surface area contributed by atoms with Gasteiger partial charge < -0.3 is 70.8 Å². The summed E-state index contributed by atoms with van der Waals surface area (Å²) in [6.07, 6.45) is -3.32. The van der Waals surface area contributed by atoms with Gasteiger partial charge in [0.15, 0.2) is 47.8 Å². The summed E-state index contributed by atoms with van der Waals surface area (Å²) in [4.78, 5) is 41.5. The van der Waals surface area contributed by atoms with Gasteiger partial charge in [-0.3, -0.25) is 13.7 Å². The lowest BCUT2D eigenvalue weighted by molar-refractivity contribution is -0.0626. The number of nitrogen functional groups attached to an aromatic ring is 3. The number of halogens is 1. The molecule has 12 atom stereocenters. The number of aryl methyl sites for hydroxylation is 2. The highest BCUT2D eigenvalue weighted by Gasteiger charge is 2.48. The fourth-order valence-electron chi connectivity index (χ4n) is 8.97. The Bertz CT molecular complexity index is 2710. The predicted molar refractivity (Wildman–Crippen MR) is 245 cm³/mol. The molecule has 3 aliphatic heterocycles. The fraction of sp³-hybridized carbons (Fsp3) is 0.571. The lowest BCUT2D eigenvalue weighted by atomic mass is 10.1. The summed E-state index contributed by atoms with van der Waals surface area (Å²) in [5.41, 5.74) is 20.1. The molecule has 4 unspecified atom stereocenters. The van der Waals surface area contributed by atoms with Crippen molar-refractivity contribution in [2.24, 2.45) is 0 Å². The quantitative estimate of drug-likeness (QED) is 0.0884. The largest absolute Gasteiger partial charge is 0.387 e. The van der Waals surface area contributed by atoms with Crippen molar-refractivity contribution in [1.82, 2.24) is 59.2 Å². The SMILES string of the molecule is CNC1C(O)[C@H](n2cnc3c(N)nc(C)nc32)O[C@@H]1COC.CNC1C(OC)[C@H](n2cnc3c(N)nc(N)nc32)O[C@@H]1COC.COC[C@H]1O[C@@H](n2c(=O)nc(C)c3ccccc32)[C@H](F)[C@@H]1OC. The van der Waals surface area contributed by atoms with Gasteiger partial charge >= 0.3 is 5.69 Å². The van der Waals surface area contributed by atoms with Crippen molar-refractivity contribution in [2.45, 2.75) is 87.4 Å². The van der Waals surface area contributed by atoms with Crippen LogP contribution in [0.15, 0.2) is 41.7 Å². The van der Waals surface area contributed by atoms with E-state index in [-0.39, 0.29) is 48.8 Å². The number of aliphatic hydroxyl groups is 1.